The number of nitrogens with one attached hydrogen (secondary N) is 1. The van der Waals surface area contributed by atoms with Crippen molar-refractivity contribution < 1.29 is 26.3 Å². The fraction of sp³-hybridized carbons (Fsp3) is 0.286. The van der Waals surface area contributed by atoms with Gasteiger partial charge in [-0.25, -0.2) is 13.4 Å². The molecular formula is C14H14F3N3O3S. The van der Waals surface area contributed by atoms with E-state index in [0.717, 1.165) is 6.26 Å². The summed E-state index contributed by atoms with van der Waals surface area (Å²) < 4.78 is 65.8. The predicted molar refractivity (Wildman–Crippen MR) is 80.5 cm³/mol. The Hall–Kier alpha value is -2.36. The maximum Gasteiger partial charge on any atom is 0.433 e. The molecule has 1 N–H and O–H groups in total. The predicted octanol–water partition coefficient (Wildman–Crippen LogP) is 2.52. The Morgan fingerprint density at radius 3 is 2.29 bits per heavy atom. The van der Waals surface area contributed by atoms with Gasteiger partial charge in [0.15, 0.2) is 15.5 Å². The van der Waals surface area contributed by atoms with E-state index < -0.39 is 21.7 Å². The van der Waals surface area contributed by atoms with Gasteiger partial charge in [0, 0.05) is 18.9 Å². The second-order valence-corrected chi connectivity index (χ2v) is 6.90. The van der Waals surface area contributed by atoms with Gasteiger partial charge in [-0.05, 0) is 17.7 Å². The van der Waals surface area contributed by atoms with E-state index in [4.69, 9.17) is 4.74 Å². The van der Waals surface area contributed by atoms with Crippen molar-refractivity contribution in [1.29, 1.82) is 0 Å². The number of alkyl halides is 3. The SMILES string of the molecule is COc1cc(C(F)(F)F)nc(NCc2ccc(S(C)(=O)=O)cc2)n1. The quantitative estimate of drug-likeness (QED) is 0.881. The average molecular weight is 361 g/mol. The zero-order chi connectivity index (χ0) is 18.0. The number of halogens is 3. The molecule has 0 aliphatic heterocycles. The van der Waals surface area contributed by atoms with Gasteiger partial charge in [-0.3, -0.25) is 0 Å². The van der Waals surface area contributed by atoms with E-state index in [1.807, 2.05) is 0 Å². The van der Waals surface area contributed by atoms with E-state index in [0.29, 0.717) is 11.6 Å². The Kier molecular flexibility index (Phi) is 4.97. The molecule has 0 saturated heterocycles. The van der Waals surface area contributed by atoms with Crippen LogP contribution in [-0.4, -0.2) is 31.8 Å². The maximum absolute atomic E-state index is 12.8. The van der Waals surface area contributed by atoms with Gasteiger partial charge in [0.25, 0.3) is 0 Å². The van der Waals surface area contributed by atoms with Crippen LogP contribution in [0.15, 0.2) is 35.2 Å². The van der Waals surface area contributed by atoms with Gasteiger partial charge in [-0.2, -0.15) is 18.2 Å². The number of aromatic nitrogens is 2. The van der Waals surface area contributed by atoms with Crippen LogP contribution < -0.4 is 10.1 Å². The Labute approximate surface area is 136 Å². The van der Waals surface area contributed by atoms with E-state index in [9.17, 15) is 21.6 Å². The molecule has 0 saturated carbocycles. The zero-order valence-corrected chi connectivity index (χ0v) is 13.6. The summed E-state index contributed by atoms with van der Waals surface area (Å²) in [6.45, 7) is 0.120. The van der Waals surface area contributed by atoms with Crippen molar-refractivity contribution in [3.63, 3.8) is 0 Å². The monoisotopic (exact) mass is 361 g/mol. The summed E-state index contributed by atoms with van der Waals surface area (Å²) in [6, 6.07) is 6.63. The molecule has 0 bridgehead atoms. The van der Waals surface area contributed by atoms with E-state index in [2.05, 4.69) is 15.3 Å². The van der Waals surface area contributed by atoms with Crippen LogP contribution in [0, 0.1) is 0 Å². The van der Waals surface area contributed by atoms with Crippen LogP contribution in [0.3, 0.4) is 0 Å². The molecular weight excluding hydrogens is 347 g/mol. The first-order chi connectivity index (χ1) is 11.1. The molecule has 0 atom stereocenters. The number of benzene rings is 1. The van der Waals surface area contributed by atoms with Crippen LogP contribution in [0.5, 0.6) is 5.88 Å². The Morgan fingerprint density at radius 2 is 1.79 bits per heavy atom. The molecule has 0 aliphatic rings. The number of methoxy groups -OCH3 is 1. The molecule has 10 heteroatoms. The van der Waals surface area contributed by atoms with Crippen molar-refractivity contribution in [2.75, 3.05) is 18.7 Å². The molecule has 1 aromatic carbocycles. The second kappa shape index (κ2) is 6.63. The molecule has 1 heterocycles. The number of rotatable bonds is 5. The van der Waals surface area contributed by atoms with Crippen molar-refractivity contribution in [2.45, 2.75) is 17.6 Å². The van der Waals surface area contributed by atoms with Crippen molar-refractivity contribution in [3.05, 3.63) is 41.6 Å². The Bertz CT molecular complexity index is 821. The van der Waals surface area contributed by atoms with Crippen molar-refractivity contribution in [3.8, 4) is 5.88 Å². The molecule has 2 aromatic rings. The fourth-order valence-electron chi connectivity index (χ4n) is 1.79. The second-order valence-electron chi connectivity index (χ2n) is 4.89. The van der Waals surface area contributed by atoms with Crippen LogP contribution >= 0.6 is 0 Å². The van der Waals surface area contributed by atoms with Crippen LogP contribution in [0.1, 0.15) is 11.3 Å². The van der Waals surface area contributed by atoms with E-state index in [1.165, 1.54) is 19.2 Å². The highest BCUT2D eigenvalue weighted by Gasteiger charge is 2.34. The van der Waals surface area contributed by atoms with Crippen LogP contribution in [0.25, 0.3) is 0 Å². The van der Waals surface area contributed by atoms with Crippen molar-refractivity contribution in [1.82, 2.24) is 9.97 Å². The van der Waals surface area contributed by atoms with E-state index >= 15 is 0 Å². The number of hydrogen-bond donors (Lipinski definition) is 1. The molecule has 0 unspecified atom stereocenters. The minimum absolute atomic E-state index is 0.120. The topological polar surface area (TPSA) is 81.2 Å². The number of nitrogens with zero attached hydrogens (tertiary/aromatic N) is 2. The van der Waals surface area contributed by atoms with Crippen molar-refractivity contribution >= 4 is 15.8 Å². The lowest BCUT2D eigenvalue weighted by molar-refractivity contribution is -0.141. The van der Waals surface area contributed by atoms with E-state index in [-0.39, 0.29) is 23.3 Å². The minimum atomic E-state index is -4.62. The third-order valence-electron chi connectivity index (χ3n) is 3.00. The maximum atomic E-state index is 12.8. The highest BCUT2D eigenvalue weighted by molar-refractivity contribution is 7.90. The highest BCUT2D eigenvalue weighted by atomic mass is 32.2. The third kappa shape index (κ3) is 4.57. The van der Waals surface area contributed by atoms with Gasteiger partial charge in [0.2, 0.25) is 11.8 Å². The summed E-state index contributed by atoms with van der Waals surface area (Å²) >= 11 is 0. The molecule has 24 heavy (non-hydrogen) atoms. The first-order valence-electron chi connectivity index (χ1n) is 6.63. The molecule has 2 rings (SSSR count). The van der Waals surface area contributed by atoms with Gasteiger partial charge in [0.1, 0.15) is 0 Å². The molecule has 0 spiro atoms. The summed E-state index contributed by atoms with van der Waals surface area (Å²) in [6.07, 6.45) is -3.53. The zero-order valence-electron chi connectivity index (χ0n) is 12.8. The Morgan fingerprint density at radius 1 is 1.17 bits per heavy atom. The number of ether oxygens (including phenoxy) is 1. The fourth-order valence-corrected chi connectivity index (χ4v) is 2.42. The molecule has 0 fully saturated rings. The third-order valence-corrected chi connectivity index (χ3v) is 4.13. The molecule has 0 aliphatic carbocycles. The lowest BCUT2D eigenvalue weighted by Gasteiger charge is -2.11. The summed E-state index contributed by atoms with van der Waals surface area (Å²) in [7, 11) is -2.10. The van der Waals surface area contributed by atoms with Crippen LogP contribution in [0.2, 0.25) is 0 Å². The largest absolute Gasteiger partial charge is 0.481 e. The number of hydrogen-bond acceptors (Lipinski definition) is 6. The molecule has 130 valence electrons. The first-order valence-corrected chi connectivity index (χ1v) is 8.52. The summed E-state index contributed by atoms with van der Waals surface area (Å²) in [5, 5.41) is 2.65. The summed E-state index contributed by atoms with van der Waals surface area (Å²) in [5.74, 6) is -0.457. The Balaban J connectivity index is 2.17. The number of sulfone groups is 1. The summed E-state index contributed by atoms with van der Waals surface area (Å²) in [5.41, 5.74) is -0.466. The van der Waals surface area contributed by atoms with Gasteiger partial charge in [-0.15, -0.1) is 0 Å². The van der Waals surface area contributed by atoms with Gasteiger partial charge in [-0.1, -0.05) is 12.1 Å². The number of anilines is 1. The summed E-state index contributed by atoms with van der Waals surface area (Å²) in [4.78, 5) is 7.35. The lowest BCUT2D eigenvalue weighted by atomic mass is 10.2. The minimum Gasteiger partial charge on any atom is -0.481 e. The van der Waals surface area contributed by atoms with Gasteiger partial charge < -0.3 is 10.1 Å². The molecule has 1 aromatic heterocycles. The smallest absolute Gasteiger partial charge is 0.433 e. The molecule has 0 radical (unpaired) electrons. The van der Waals surface area contributed by atoms with Crippen molar-refractivity contribution in [2.24, 2.45) is 0 Å². The molecule has 6 nitrogen and oxygen atoms in total. The lowest BCUT2D eigenvalue weighted by Crippen LogP contribution is -2.12. The average Bonchev–Trinajstić information content (AvgIpc) is 2.51. The van der Waals surface area contributed by atoms with Gasteiger partial charge in [0.05, 0.1) is 12.0 Å². The highest BCUT2D eigenvalue weighted by Crippen LogP contribution is 2.30. The standard InChI is InChI=1S/C14H14F3N3O3S/c1-23-12-7-11(14(15,16)17)19-13(20-12)18-8-9-3-5-10(6-4-9)24(2,21)22/h3-7H,8H2,1-2H3,(H,18,19,20). The molecule has 0 amide bonds. The first kappa shape index (κ1) is 18.0. The van der Waals surface area contributed by atoms with E-state index in [1.54, 1.807) is 12.1 Å². The van der Waals surface area contributed by atoms with Crippen LogP contribution in [-0.2, 0) is 22.6 Å². The van der Waals surface area contributed by atoms with Gasteiger partial charge >= 0.3 is 6.18 Å². The normalized spacial score (nSPS) is 12.0. The van der Waals surface area contributed by atoms with Crippen LogP contribution in [0.4, 0.5) is 19.1 Å².